The average molecular weight is 1190 g/mol. The van der Waals surface area contributed by atoms with E-state index in [4.69, 9.17) is 37.9 Å². The summed E-state index contributed by atoms with van der Waals surface area (Å²) in [5, 5.41) is 2.66. The Morgan fingerprint density at radius 2 is 0.733 bits per heavy atom. The van der Waals surface area contributed by atoms with Gasteiger partial charge < -0.3 is 42.4 Å². The van der Waals surface area contributed by atoms with Crippen LogP contribution in [0.3, 0.4) is 0 Å². The van der Waals surface area contributed by atoms with Crippen LogP contribution < -0.4 is 39.0 Å². The Kier molecular flexibility index (Phi) is 19.6. The molecule has 0 aromatic heterocycles. The number of carbonyl (C=O) groups excluding carboxylic acids is 6. The molecular weight excluding hydrogens is 1130 g/mol. The average Bonchev–Trinajstić information content (AvgIpc) is 1.63. The second-order valence-electron chi connectivity index (χ2n) is 19.6. The first-order valence-electron chi connectivity index (χ1n) is 26.8. The number of esters is 5. The van der Waals surface area contributed by atoms with E-state index in [1.807, 2.05) is 24.3 Å². The van der Waals surface area contributed by atoms with Crippen LogP contribution >= 0.6 is 0 Å². The van der Waals surface area contributed by atoms with Crippen molar-refractivity contribution in [2.45, 2.75) is 17.2 Å². The van der Waals surface area contributed by atoms with Gasteiger partial charge in [-0.2, -0.15) is 0 Å². The fraction of sp³-hybridized carbons (Fsp3) is 0.164. The minimum atomic E-state index is -5.18. The number of ether oxygens (including phenoxy) is 8. The minimum absolute atomic E-state index is 0. The summed E-state index contributed by atoms with van der Waals surface area (Å²) >= 11 is 0. The van der Waals surface area contributed by atoms with Crippen LogP contribution in [0.4, 0.5) is 0 Å². The van der Waals surface area contributed by atoms with E-state index in [1.54, 1.807) is 67.8 Å². The topological polar surface area (TPSA) is 233 Å². The predicted molar refractivity (Wildman–Crippen MR) is 310 cm³/mol. The molecule has 430 valence electrons. The summed E-state index contributed by atoms with van der Waals surface area (Å²) in [6.07, 6.45) is 0. The van der Waals surface area contributed by atoms with E-state index in [-0.39, 0.29) is 65.2 Å². The summed E-state index contributed by atoms with van der Waals surface area (Å²) in [7, 11) is -3.55. The molecule has 17 nitrogen and oxygen atoms in total. The Hall–Kier alpha value is -9.01. The van der Waals surface area contributed by atoms with Crippen LogP contribution in [0.5, 0.6) is 11.5 Å². The number of methoxy groups -OCH3 is 1. The maximum Gasteiger partial charge on any atom is 1.00 e. The predicted octanol–water partition coefficient (Wildman–Crippen LogP) is 7.76. The summed E-state index contributed by atoms with van der Waals surface area (Å²) in [6, 6.07) is 54.7. The van der Waals surface area contributed by atoms with Crippen LogP contribution in [0.25, 0.3) is 32.7 Å². The van der Waals surface area contributed by atoms with E-state index in [1.165, 1.54) is 19.1 Å². The van der Waals surface area contributed by atoms with Crippen molar-refractivity contribution in [1.29, 1.82) is 0 Å². The molecule has 0 atom stereocenters. The number of rotatable bonds is 23. The largest absolute Gasteiger partial charge is 1.00 e. The van der Waals surface area contributed by atoms with Gasteiger partial charge in [0.25, 0.3) is 0 Å². The van der Waals surface area contributed by atoms with Gasteiger partial charge in [0.05, 0.1) is 44.7 Å². The third-order valence-electron chi connectivity index (χ3n) is 14.2. The standard InChI is InChI=1S/C67H54O17S.Na/c1-42(68)43-11-12-45-36-48(16-13-44(45)35-43)63(70)81-31-33-83-65(72)51-39-52(41-57(40-51)85(74,75)76)66(73)84-34-32-82-64(71)50-18-15-46-37-49(17-14-47(46)38-50)62(69)80-30-29-79-56-25-21-54(22-26-56)67(53-19-23-55(24-20-53)78-28-27-77-2)60-9-5-3-7-58(60)59-8-4-6-10-61(59)67;/h3-26,35-41H,27-34H2,1-2H3,(H,74,75,76);/q;+1/p-1. The van der Waals surface area contributed by atoms with E-state index in [0.29, 0.717) is 40.7 Å². The Bertz CT molecular complexity index is 4120. The first-order chi connectivity index (χ1) is 41.1. The SMILES string of the molecule is COCCOc1ccc(C2(c3ccc(OCCOC(=O)c4ccc5cc(C(=O)OCCOC(=O)c6cc(C(=O)OCCOC(=O)c7ccc8cc(C(C)=O)ccc8c7)cc(S(=O)(=O)[O-])c6)ccc5c4)cc3)c3ccccc3-c3ccccc32)cc1.[Na+]. The van der Waals surface area contributed by atoms with Crippen molar-refractivity contribution in [3.05, 3.63) is 244 Å². The zero-order valence-electron chi connectivity index (χ0n) is 46.9. The van der Waals surface area contributed by atoms with Crippen LogP contribution in [0.1, 0.15) is 91.3 Å². The van der Waals surface area contributed by atoms with E-state index in [9.17, 15) is 41.7 Å². The molecule has 19 heteroatoms. The van der Waals surface area contributed by atoms with E-state index < -0.39 is 87.8 Å². The molecule has 9 aromatic carbocycles. The normalized spacial score (nSPS) is 12.0. The molecule has 0 bridgehead atoms. The zero-order chi connectivity index (χ0) is 59.7. The van der Waals surface area contributed by atoms with Crippen molar-refractivity contribution in [2.24, 2.45) is 0 Å². The van der Waals surface area contributed by atoms with Crippen LogP contribution in [-0.4, -0.2) is 109 Å². The van der Waals surface area contributed by atoms with Crippen LogP contribution in [0.15, 0.2) is 193 Å². The number of fused-ring (bicyclic) bond motifs is 5. The van der Waals surface area contributed by atoms with Crippen LogP contribution in [-0.2, 0) is 44.0 Å². The summed E-state index contributed by atoms with van der Waals surface area (Å²) in [5.74, 6) is -3.12. The molecule has 9 aromatic rings. The zero-order valence-corrected chi connectivity index (χ0v) is 49.7. The molecule has 1 aliphatic rings. The fourth-order valence-electron chi connectivity index (χ4n) is 10.2. The molecule has 0 radical (unpaired) electrons. The van der Waals surface area contributed by atoms with E-state index >= 15 is 0 Å². The molecule has 86 heavy (non-hydrogen) atoms. The van der Waals surface area contributed by atoms with Gasteiger partial charge in [0, 0.05) is 12.7 Å². The number of hydrogen-bond donors (Lipinski definition) is 0. The van der Waals surface area contributed by atoms with Crippen molar-refractivity contribution >= 4 is 67.3 Å². The van der Waals surface area contributed by atoms with Gasteiger partial charge in [0.2, 0.25) is 0 Å². The first kappa shape index (κ1) is 61.5. The first-order valence-corrected chi connectivity index (χ1v) is 28.2. The van der Waals surface area contributed by atoms with Crippen molar-refractivity contribution < 1.29 is 109 Å². The molecule has 0 amide bonds. The number of ketones is 1. The number of hydrogen-bond acceptors (Lipinski definition) is 17. The van der Waals surface area contributed by atoms with E-state index in [0.717, 1.165) is 62.7 Å². The number of carbonyl (C=O) groups is 6. The van der Waals surface area contributed by atoms with Crippen molar-refractivity contribution in [3.63, 3.8) is 0 Å². The van der Waals surface area contributed by atoms with Gasteiger partial charge in [0.15, 0.2) is 5.78 Å². The molecule has 1 aliphatic carbocycles. The third kappa shape index (κ3) is 13.7. The molecule has 0 heterocycles. The fourth-order valence-corrected chi connectivity index (χ4v) is 10.7. The van der Waals surface area contributed by atoms with Gasteiger partial charge in [-0.25, -0.2) is 32.4 Å². The molecule has 0 fully saturated rings. The van der Waals surface area contributed by atoms with Gasteiger partial charge in [-0.05, 0) is 147 Å². The molecule has 0 unspecified atom stereocenters. The molecule has 0 N–H and O–H groups in total. The molecule has 0 aliphatic heterocycles. The summed E-state index contributed by atoms with van der Waals surface area (Å²) in [4.78, 5) is 75.7. The Morgan fingerprint density at radius 1 is 0.395 bits per heavy atom. The smallest absolute Gasteiger partial charge is 0.744 e. The maximum absolute atomic E-state index is 13.2. The van der Waals surface area contributed by atoms with Crippen LogP contribution in [0.2, 0.25) is 0 Å². The molecule has 10 rings (SSSR count). The number of Topliss-reactive ketones (excluding diaryl/α,β-unsaturated/α-hetero) is 1. The molecule has 0 saturated heterocycles. The van der Waals surface area contributed by atoms with Crippen molar-refractivity contribution in [3.8, 4) is 22.6 Å². The van der Waals surface area contributed by atoms with Gasteiger partial charge in [-0.15, -0.1) is 0 Å². The summed E-state index contributed by atoms with van der Waals surface area (Å²) in [5.41, 5.74) is 6.31. The Labute approximate surface area is 516 Å². The van der Waals surface area contributed by atoms with Gasteiger partial charge >= 0.3 is 59.4 Å². The van der Waals surface area contributed by atoms with Crippen molar-refractivity contribution in [2.75, 3.05) is 60.0 Å². The summed E-state index contributed by atoms with van der Waals surface area (Å²) < 4.78 is 79.5. The monoisotopic (exact) mass is 1180 g/mol. The second kappa shape index (κ2) is 27.4. The Balaban J connectivity index is 0.00000884. The van der Waals surface area contributed by atoms with Gasteiger partial charge in [0.1, 0.15) is 67.9 Å². The third-order valence-corrected chi connectivity index (χ3v) is 15.0. The van der Waals surface area contributed by atoms with Gasteiger partial charge in [-0.3, -0.25) is 4.79 Å². The quantitative estimate of drug-likeness (QED) is 0.0149. The van der Waals surface area contributed by atoms with Crippen molar-refractivity contribution in [1.82, 2.24) is 0 Å². The Morgan fingerprint density at radius 3 is 1.10 bits per heavy atom. The summed E-state index contributed by atoms with van der Waals surface area (Å²) in [6.45, 7) is 0.638. The molecular formula is C67H53NaO17S. The minimum Gasteiger partial charge on any atom is -0.744 e. The van der Waals surface area contributed by atoms with Gasteiger partial charge in [-0.1, -0.05) is 103 Å². The second-order valence-corrected chi connectivity index (χ2v) is 20.9. The van der Waals surface area contributed by atoms with Crippen LogP contribution in [0, 0.1) is 0 Å². The van der Waals surface area contributed by atoms with E-state index in [2.05, 4.69) is 72.8 Å². The number of benzene rings is 9. The maximum atomic E-state index is 13.2. The molecule has 0 saturated carbocycles. The molecule has 0 spiro atoms.